The Kier molecular flexibility index (Phi) is 5.65. The number of nitrogens with zero attached hydrogens (tertiary/aromatic N) is 3. The maximum atomic E-state index is 13.1. The van der Waals surface area contributed by atoms with Crippen molar-refractivity contribution in [3.05, 3.63) is 59.7 Å². The number of halogens is 1. The van der Waals surface area contributed by atoms with Gasteiger partial charge in [0.1, 0.15) is 5.82 Å². The zero-order chi connectivity index (χ0) is 21.1. The van der Waals surface area contributed by atoms with Crippen molar-refractivity contribution in [2.45, 2.75) is 18.8 Å². The summed E-state index contributed by atoms with van der Waals surface area (Å²) in [6, 6.07) is 11.0. The molecule has 1 aliphatic rings. The average Bonchev–Trinajstić information content (AvgIpc) is 3.29. The summed E-state index contributed by atoms with van der Waals surface area (Å²) in [5.41, 5.74) is 1.21. The number of carbonyl (C=O) groups excluding carboxylic acids is 1. The van der Waals surface area contributed by atoms with Gasteiger partial charge >= 0.3 is 0 Å². The highest BCUT2D eigenvalue weighted by atomic mass is 19.1. The molecule has 0 saturated carbocycles. The van der Waals surface area contributed by atoms with E-state index in [9.17, 15) is 9.18 Å². The van der Waals surface area contributed by atoms with Crippen molar-refractivity contribution < 1.29 is 23.2 Å². The van der Waals surface area contributed by atoms with Crippen LogP contribution < -0.4 is 9.47 Å². The molecule has 4 rings (SSSR count). The summed E-state index contributed by atoms with van der Waals surface area (Å²) in [6.45, 7) is 1.12. The van der Waals surface area contributed by atoms with Gasteiger partial charge in [-0.25, -0.2) is 4.39 Å². The minimum absolute atomic E-state index is 0.0513. The minimum Gasteiger partial charge on any atom is -0.493 e. The van der Waals surface area contributed by atoms with Crippen LogP contribution in [0.15, 0.2) is 47.0 Å². The number of methoxy groups -OCH3 is 2. The Morgan fingerprint density at radius 1 is 1.13 bits per heavy atom. The van der Waals surface area contributed by atoms with Gasteiger partial charge in [-0.05, 0) is 55.3 Å². The molecule has 1 aliphatic heterocycles. The average molecular weight is 411 g/mol. The molecule has 0 radical (unpaired) electrons. The van der Waals surface area contributed by atoms with Crippen LogP contribution >= 0.6 is 0 Å². The zero-order valence-electron chi connectivity index (χ0n) is 16.8. The quantitative estimate of drug-likeness (QED) is 0.633. The van der Waals surface area contributed by atoms with Gasteiger partial charge in [0.2, 0.25) is 11.7 Å². The Hall–Kier alpha value is -3.42. The Morgan fingerprint density at radius 2 is 1.90 bits per heavy atom. The fourth-order valence-electron chi connectivity index (χ4n) is 3.63. The van der Waals surface area contributed by atoms with Crippen molar-refractivity contribution >= 4 is 5.91 Å². The number of likely N-dealkylation sites (tertiary alicyclic amines) is 1. The second-order valence-electron chi connectivity index (χ2n) is 7.12. The lowest BCUT2D eigenvalue weighted by Crippen LogP contribution is -2.39. The number of piperidine rings is 1. The molecule has 1 fully saturated rings. The molecule has 156 valence electrons. The lowest BCUT2D eigenvalue weighted by Gasteiger charge is -2.31. The van der Waals surface area contributed by atoms with E-state index in [1.165, 1.54) is 24.3 Å². The maximum Gasteiger partial charge on any atom is 0.253 e. The number of rotatable bonds is 5. The molecule has 2 heterocycles. The molecule has 3 aromatic rings. The molecule has 0 aliphatic carbocycles. The first kappa shape index (κ1) is 19.9. The van der Waals surface area contributed by atoms with Crippen molar-refractivity contribution in [2.24, 2.45) is 0 Å². The van der Waals surface area contributed by atoms with Gasteiger partial charge in [-0.2, -0.15) is 4.98 Å². The van der Waals surface area contributed by atoms with Gasteiger partial charge in [0.15, 0.2) is 11.5 Å². The first-order valence-corrected chi connectivity index (χ1v) is 9.70. The van der Waals surface area contributed by atoms with Crippen molar-refractivity contribution in [3.63, 3.8) is 0 Å². The van der Waals surface area contributed by atoms with Crippen LogP contribution in [-0.2, 0) is 0 Å². The number of carbonyl (C=O) groups is 1. The molecule has 1 saturated heterocycles. The fraction of sp³-hybridized carbons (Fsp3) is 0.318. The van der Waals surface area contributed by atoms with E-state index >= 15 is 0 Å². The molecule has 7 nitrogen and oxygen atoms in total. The predicted molar refractivity (Wildman–Crippen MR) is 107 cm³/mol. The summed E-state index contributed by atoms with van der Waals surface area (Å²) >= 11 is 0. The molecule has 2 aromatic carbocycles. The maximum absolute atomic E-state index is 13.1. The molecule has 1 aromatic heterocycles. The summed E-state index contributed by atoms with van der Waals surface area (Å²) in [4.78, 5) is 19.1. The minimum atomic E-state index is -0.364. The smallest absolute Gasteiger partial charge is 0.253 e. The third-order valence-corrected chi connectivity index (χ3v) is 5.23. The van der Waals surface area contributed by atoms with Crippen molar-refractivity contribution in [3.8, 4) is 22.9 Å². The van der Waals surface area contributed by atoms with Gasteiger partial charge in [-0.3, -0.25) is 4.79 Å². The Labute approximate surface area is 173 Å². The summed E-state index contributed by atoms with van der Waals surface area (Å²) in [6.07, 6.45) is 1.67. The number of amides is 1. The van der Waals surface area contributed by atoms with Crippen molar-refractivity contribution in [2.75, 3.05) is 27.3 Å². The van der Waals surface area contributed by atoms with E-state index in [1.54, 1.807) is 31.3 Å². The van der Waals surface area contributed by atoms with E-state index in [2.05, 4.69) is 10.1 Å². The number of hydrogen-bond donors (Lipinski definition) is 0. The van der Waals surface area contributed by atoms with Gasteiger partial charge in [-0.1, -0.05) is 5.16 Å². The van der Waals surface area contributed by atoms with Crippen LogP contribution in [0.5, 0.6) is 11.5 Å². The van der Waals surface area contributed by atoms with Crippen molar-refractivity contribution in [1.82, 2.24) is 15.0 Å². The highest BCUT2D eigenvalue weighted by Crippen LogP contribution is 2.33. The monoisotopic (exact) mass is 411 g/mol. The molecule has 1 atom stereocenters. The molecule has 1 amide bonds. The number of hydrogen-bond acceptors (Lipinski definition) is 6. The number of ether oxygens (including phenoxy) is 2. The summed E-state index contributed by atoms with van der Waals surface area (Å²) in [7, 11) is 3.14. The summed E-state index contributed by atoms with van der Waals surface area (Å²) < 4.78 is 29.2. The van der Waals surface area contributed by atoms with Crippen LogP contribution in [0, 0.1) is 5.82 Å². The molecule has 0 bridgehead atoms. The second kappa shape index (κ2) is 8.52. The Balaban J connectivity index is 1.50. The number of aromatic nitrogens is 2. The number of benzene rings is 2. The van der Waals surface area contributed by atoms with Gasteiger partial charge in [0.05, 0.1) is 20.1 Å². The van der Waals surface area contributed by atoms with Crippen LogP contribution in [0.1, 0.15) is 35.0 Å². The molecule has 1 unspecified atom stereocenters. The Bertz CT molecular complexity index is 1040. The van der Waals surface area contributed by atoms with Gasteiger partial charge in [0, 0.05) is 24.2 Å². The van der Waals surface area contributed by atoms with E-state index in [0.29, 0.717) is 41.9 Å². The topological polar surface area (TPSA) is 77.7 Å². The van der Waals surface area contributed by atoms with Crippen LogP contribution in [0.2, 0.25) is 0 Å². The highest BCUT2D eigenvalue weighted by Gasteiger charge is 2.29. The first-order chi connectivity index (χ1) is 14.6. The van der Waals surface area contributed by atoms with E-state index in [1.807, 2.05) is 6.07 Å². The van der Waals surface area contributed by atoms with Crippen LogP contribution in [0.3, 0.4) is 0 Å². The lowest BCUT2D eigenvalue weighted by molar-refractivity contribution is 0.0695. The van der Waals surface area contributed by atoms with E-state index < -0.39 is 0 Å². The summed E-state index contributed by atoms with van der Waals surface area (Å²) in [5.74, 6) is 1.60. The first-order valence-electron chi connectivity index (χ1n) is 9.70. The van der Waals surface area contributed by atoms with Gasteiger partial charge in [0.25, 0.3) is 5.91 Å². The van der Waals surface area contributed by atoms with Gasteiger partial charge in [-0.15, -0.1) is 0 Å². The van der Waals surface area contributed by atoms with E-state index in [-0.39, 0.29) is 17.6 Å². The third-order valence-electron chi connectivity index (χ3n) is 5.23. The molecular weight excluding hydrogens is 389 g/mol. The van der Waals surface area contributed by atoms with Crippen LogP contribution in [0.25, 0.3) is 11.4 Å². The second-order valence-corrected chi connectivity index (χ2v) is 7.12. The van der Waals surface area contributed by atoms with Crippen molar-refractivity contribution in [1.29, 1.82) is 0 Å². The third kappa shape index (κ3) is 3.98. The SMILES string of the molecule is COc1ccc(-c2noc(C3CCCN(C(=O)c4ccc(F)cc4)C3)n2)cc1OC. The standard InChI is InChI=1S/C22H22FN3O4/c1-28-18-10-7-15(12-19(18)29-2)20-24-21(30-25-20)16-4-3-11-26(13-16)22(27)14-5-8-17(23)9-6-14/h5-10,12,16H,3-4,11,13H2,1-2H3. The normalized spacial score (nSPS) is 16.4. The predicted octanol–water partition coefficient (Wildman–Crippen LogP) is 3.91. The van der Waals surface area contributed by atoms with Crippen LogP contribution in [0.4, 0.5) is 4.39 Å². The van der Waals surface area contributed by atoms with E-state index in [0.717, 1.165) is 18.4 Å². The molecule has 30 heavy (non-hydrogen) atoms. The van der Waals surface area contributed by atoms with E-state index in [4.69, 9.17) is 14.0 Å². The largest absolute Gasteiger partial charge is 0.493 e. The fourth-order valence-corrected chi connectivity index (χ4v) is 3.63. The highest BCUT2D eigenvalue weighted by molar-refractivity contribution is 5.94. The molecule has 0 N–H and O–H groups in total. The van der Waals surface area contributed by atoms with Gasteiger partial charge < -0.3 is 18.9 Å². The Morgan fingerprint density at radius 3 is 2.63 bits per heavy atom. The lowest BCUT2D eigenvalue weighted by atomic mass is 9.97. The molecular formula is C22H22FN3O4. The zero-order valence-corrected chi connectivity index (χ0v) is 16.8. The molecule has 0 spiro atoms. The van der Waals surface area contributed by atoms with Crippen LogP contribution in [-0.4, -0.2) is 48.3 Å². The molecule has 8 heteroatoms. The summed E-state index contributed by atoms with van der Waals surface area (Å²) in [5, 5.41) is 4.10.